The molecule has 0 saturated heterocycles. The van der Waals surface area contributed by atoms with E-state index in [9.17, 15) is 14.3 Å². The normalized spacial score (nSPS) is 13.8. The summed E-state index contributed by atoms with van der Waals surface area (Å²) in [4.78, 5) is 11.6. The highest BCUT2D eigenvalue weighted by molar-refractivity contribution is 5.76. The van der Waals surface area contributed by atoms with Crippen LogP contribution in [-0.2, 0) is 4.79 Å². The minimum atomic E-state index is -0.705. The van der Waals surface area contributed by atoms with E-state index in [2.05, 4.69) is 10.6 Å². The summed E-state index contributed by atoms with van der Waals surface area (Å²) in [6.45, 7) is 2.66. The van der Waals surface area contributed by atoms with Crippen LogP contribution in [0, 0.1) is 5.82 Å². The maximum absolute atomic E-state index is 12.8. The van der Waals surface area contributed by atoms with Crippen LogP contribution in [-0.4, -0.2) is 30.6 Å². The fourth-order valence-corrected chi connectivity index (χ4v) is 1.99. The summed E-state index contributed by atoms with van der Waals surface area (Å²) in [6, 6.07) is 5.62. The molecular formula is C15H23FN2O2. The first kappa shape index (κ1) is 16.6. The van der Waals surface area contributed by atoms with E-state index in [0.717, 1.165) is 13.0 Å². The van der Waals surface area contributed by atoms with Gasteiger partial charge in [0.15, 0.2) is 0 Å². The van der Waals surface area contributed by atoms with Gasteiger partial charge in [0.25, 0.3) is 0 Å². The van der Waals surface area contributed by atoms with E-state index < -0.39 is 6.10 Å². The van der Waals surface area contributed by atoms with E-state index >= 15 is 0 Å². The van der Waals surface area contributed by atoms with Gasteiger partial charge in [-0.15, -0.1) is 0 Å². The lowest BCUT2D eigenvalue weighted by molar-refractivity contribution is -0.121. The van der Waals surface area contributed by atoms with Crippen LogP contribution >= 0.6 is 0 Å². The lowest BCUT2D eigenvalue weighted by atomic mass is 10.0. The fraction of sp³-hybridized carbons (Fsp3) is 0.533. The number of hydrogen-bond acceptors (Lipinski definition) is 3. The summed E-state index contributed by atoms with van der Waals surface area (Å²) in [7, 11) is 1.85. The first-order valence-electron chi connectivity index (χ1n) is 6.90. The molecule has 1 rings (SSSR count). The zero-order chi connectivity index (χ0) is 15.0. The van der Waals surface area contributed by atoms with Gasteiger partial charge in [-0.05, 0) is 51.1 Å². The highest BCUT2D eigenvalue weighted by Crippen LogP contribution is 2.18. The molecule has 5 heteroatoms. The van der Waals surface area contributed by atoms with Crippen LogP contribution in [0.1, 0.15) is 37.9 Å². The fourth-order valence-electron chi connectivity index (χ4n) is 1.99. The predicted molar refractivity (Wildman–Crippen MR) is 76.7 cm³/mol. The molecule has 0 fully saturated rings. The van der Waals surface area contributed by atoms with Gasteiger partial charge < -0.3 is 15.7 Å². The smallest absolute Gasteiger partial charge is 0.220 e. The van der Waals surface area contributed by atoms with Crippen LogP contribution < -0.4 is 10.6 Å². The Hall–Kier alpha value is -1.46. The van der Waals surface area contributed by atoms with Crippen molar-refractivity contribution in [2.75, 3.05) is 13.6 Å². The monoisotopic (exact) mass is 282 g/mol. The number of hydrogen-bond donors (Lipinski definition) is 3. The number of aliphatic hydroxyl groups is 1. The summed E-state index contributed by atoms with van der Waals surface area (Å²) in [6.07, 6.45) is 0.958. The highest BCUT2D eigenvalue weighted by atomic mass is 19.1. The van der Waals surface area contributed by atoms with Crippen LogP contribution in [0.2, 0.25) is 0 Å². The van der Waals surface area contributed by atoms with Crippen LogP contribution in [0.3, 0.4) is 0 Å². The Bertz CT molecular complexity index is 409. The van der Waals surface area contributed by atoms with Gasteiger partial charge in [0, 0.05) is 12.5 Å². The van der Waals surface area contributed by atoms with E-state index in [0.29, 0.717) is 18.4 Å². The zero-order valence-corrected chi connectivity index (χ0v) is 12.0. The minimum absolute atomic E-state index is 0.0148. The van der Waals surface area contributed by atoms with Crippen molar-refractivity contribution in [2.45, 2.75) is 38.3 Å². The number of halogens is 1. The Morgan fingerprint density at radius 3 is 2.60 bits per heavy atom. The lowest BCUT2D eigenvalue weighted by Crippen LogP contribution is -2.34. The van der Waals surface area contributed by atoms with Crippen molar-refractivity contribution in [3.05, 3.63) is 35.6 Å². The van der Waals surface area contributed by atoms with E-state index in [1.165, 1.54) is 12.1 Å². The van der Waals surface area contributed by atoms with Crippen LogP contribution in [0.5, 0.6) is 0 Å². The summed E-state index contributed by atoms with van der Waals surface area (Å²) in [5.74, 6) is -0.342. The molecule has 2 unspecified atom stereocenters. The Morgan fingerprint density at radius 1 is 1.35 bits per heavy atom. The molecule has 1 aromatic rings. The molecule has 1 amide bonds. The van der Waals surface area contributed by atoms with E-state index in [1.54, 1.807) is 12.1 Å². The third kappa shape index (κ3) is 6.12. The van der Waals surface area contributed by atoms with E-state index in [4.69, 9.17) is 0 Å². The molecule has 0 heterocycles. The Balaban J connectivity index is 2.35. The van der Waals surface area contributed by atoms with Crippen molar-refractivity contribution in [3.8, 4) is 0 Å². The number of benzene rings is 1. The van der Waals surface area contributed by atoms with E-state index in [-0.39, 0.29) is 17.8 Å². The molecule has 0 bridgehead atoms. The second-order valence-electron chi connectivity index (χ2n) is 4.98. The Labute approximate surface area is 119 Å². The van der Waals surface area contributed by atoms with Crippen molar-refractivity contribution >= 4 is 5.91 Å². The van der Waals surface area contributed by atoms with Crippen LogP contribution in [0.15, 0.2) is 24.3 Å². The largest absolute Gasteiger partial charge is 0.388 e. The highest BCUT2D eigenvalue weighted by Gasteiger charge is 2.14. The van der Waals surface area contributed by atoms with E-state index in [1.807, 2.05) is 14.0 Å². The molecule has 0 aliphatic heterocycles. The molecule has 2 atom stereocenters. The minimum Gasteiger partial charge on any atom is -0.388 e. The second kappa shape index (κ2) is 8.66. The van der Waals surface area contributed by atoms with Gasteiger partial charge in [-0.2, -0.15) is 0 Å². The van der Waals surface area contributed by atoms with Crippen molar-refractivity contribution in [3.63, 3.8) is 0 Å². The average molecular weight is 282 g/mol. The maximum atomic E-state index is 12.8. The van der Waals surface area contributed by atoms with Crippen molar-refractivity contribution in [1.82, 2.24) is 10.6 Å². The molecule has 0 aliphatic rings. The van der Waals surface area contributed by atoms with Crippen molar-refractivity contribution in [1.29, 1.82) is 0 Å². The topological polar surface area (TPSA) is 61.4 Å². The second-order valence-corrected chi connectivity index (χ2v) is 4.98. The average Bonchev–Trinajstić information content (AvgIpc) is 2.39. The molecule has 0 aliphatic carbocycles. The number of carbonyl (C=O) groups is 1. The molecule has 0 spiro atoms. The summed E-state index contributed by atoms with van der Waals surface area (Å²) in [5, 5.41) is 15.9. The molecular weight excluding hydrogens is 259 g/mol. The molecule has 0 radical (unpaired) electrons. The third-order valence-corrected chi connectivity index (χ3v) is 3.07. The lowest BCUT2D eigenvalue weighted by Gasteiger charge is -2.18. The van der Waals surface area contributed by atoms with Gasteiger partial charge in [0.1, 0.15) is 5.82 Å². The van der Waals surface area contributed by atoms with Crippen LogP contribution in [0.4, 0.5) is 4.39 Å². The van der Waals surface area contributed by atoms with Crippen molar-refractivity contribution in [2.24, 2.45) is 0 Å². The number of aliphatic hydroxyl groups excluding tert-OH is 1. The number of carbonyl (C=O) groups excluding carboxylic acids is 1. The van der Waals surface area contributed by atoms with Gasteiger partial charge in [0.2, 0.25) is 5.91 Å². The zero-order valence-electron chi connectivity index (χ0n) is 12.0. The van der Waals surface area contributed by atoms with Crippen LogP contribution in [0.25, 0.3) is 0 Å². The molecule has 0 aromatic heterocycles. The molecule has 112 valence electrons. The van der Waals surface area contributed by atoms with Gasteiger partial charge in [-0.1, -0.05) is 12.1 Å². The molecule has 0 saturated carbocycles. The summed E-state index contributed by atoms with van der Waals surface area (Å²) >= 11 is 0. The standard InChI is InChI=1S/C15H23FN2O2/c1-11(18-15(20)4-3-9-17-2)10-14(19)12-5-7-13(16)8-6-12/h5-8,11,14,17,19H,3-4,9-10H2,1-2H3,(H,18,20). The summed E-state index contributed by atoms with van der Waals surface area (Å²) in [5.41, 5.74) is 0.655. The van der Waals surface area contributed by atoms with Gasteiger partial charge in [-0.3, -0.25) is 4.79 Å². The predicted octanol–water partition coefficient (Wildman–Crippen LogP) is 1.75. The Morgan fingerprint density at radius 2 is 2.00 bits per heavy atom. The third-order valence-electron chi connectivity index (χ3n) is 3.07. The molecule has 1 aromatic carbocycles. The molecule has 4 nitrogen and oxygen atoms in total. The maximum Gasteiger partial charge on any atom is 0.220 e. The number of nitrogens with one attached hydrogen (secondary N) is 2. The first-order chi connectivity index (χ1) is 9.52. The number of amides is 1. The van der Waals surface area contributed by atoms with Crippen molar-refractivity contribution < 1.29 is 14.3 Å². The Kier molecular flexibility index (Phi) is 7.18. The van der Waals surface area contributed by atoms with Gasteiger partial charge in [0.05, 0.1) is 6.10 Å². The molecule has 3 N–H and O–H groups in total. The van der Waals surface area contributed by atoms with Gasteiger partial charge in [-0.25, -0.2) is 4.39 Å². The number of rotatable bonds is 8. The first-order valence-corrected chi connectivity index (χ1v) is 6.90. The summed E-state index contributed by atoms with van der Waals surface area (Å²) < 4.78 is 12.8. The quantitative estimate of drug-likeness (QED) is 0.637. The van der Waals surface area contributed by atoms with Gasteiger partial charge >= 0.3 is 0 Å². The SMILES string of the molecule is CNCCCC(=O)NC(C)CC(O)c1ccc(F)cc1. The molecule has 20 heavy (non-hydrogen) atoms.